The molecule has 0 saturated heterocycles. The number of nitrogens with one attached hydrogen (secondary N) is 2. The van der Waals surface area contributed by atoms with E-state index in [0.29, 0.717) is 17.5 Å². The molecule has 2 rings (SSSR count). The van der Waals surface area contributed by atoms with Crippen LogP contribution in [0.2, 0.25) is 0 Å². The summed E-state index contributed by atoms with van der Waals surface area (Å²) in [4.78, 5) is 14.4. The van der Waals surface area contributed by atoms with Gasteiger partial charge in [0.15, 0.2) is 0 Å². The van der Waals surface area contributed by atoms with Gasteiger partial charge in [0, 0.05) is 25.0 Å². The molecule has 1 amide bonds. The number of amides is 1. The number of aromatic amines is 1. The molecule has 1 aliphatic carbocycles. The van der Waals surface area contributed by atoms with Gasteiger partial charge in [0.2, 0.25) is 0 Å². The number of H-pyrrole nitrogens is 1. The third kappa shape index (κ3) is 2.12. The van der Waals surface area contributed by atoms with Crippen LogP contribution in [0, 0.1) is 0 Å². The highest BCUT2D eigenvalue weighted by Crippen LogP contribution is 2.22. The molecule has 4 N–H and O–H groups in total. The maximum atomic E-state index is 11.6. The quantitative estimate of drug-likeness (QED) is 0.678. The zero-order chi connectivity index (χ0) is 10.8. The number of carbonyl (C=O) groups excluding carboxylic acids is 1. The van der Waals surface area contributed by atoms with Gasteiger partial charge in [-0.3, -0.25) is 4.79 Å². The van der Waals surface area contributed by atoms with Crippen molar-refractivity contribution in [3.05, 3.63) is 18.0 Å². The molecule has 0 unspecified atom stereocenters. The fraction of sp³-hybridized carbons (Fsp3) is 0.500. The number of hydrogen-bond acceptors (Lipinski definition) is 3. The Labute approximate surface area is 88.0 Å². The van der Waals surface area contributed by atoms with E-state index < -0.39 is 0 Å². The molecule has 0 aromatic carbocycles. The van der Waals surface area contributed by atoms with Gasteiger partial charge in [-0.15, -0.1) is 0 Å². The monoisotopic (exact) mass is 209 g/mol. The van der Waals surface area contributed by atoms with Crippen LogP contribution in [0.5, 0.6) is 0 Å². The van der Waals surface area contributed by atoms with Gasteiger partial charge in [-0.05, 0) is 18.9 Å². The molecule has 1 fully saturated rings. The molecule has 0 atom stereocenters. The van der Waals surface area contributed by atoms with Crippen molar-refractivity contribution in [1.82, 2.24) is 10.3 Å². The van der Waals surface area contributed by atoms with Crippen LogP contribution >= 0.6 is 0 Å². The summed E-state index contributed by atoms with van der Waals surface area (Å²) >= 11 is 0. The Hall–Kier alpha value is -1.49. The number of rotatable bonds is 3. The van der Waals surface area contributed by atoms with Crippen molar-refractivity contribution in [2.75, 3.05) is 12.8 Å². The fourth-order valence-corrected chi connectivity index (χ4v) is 1.68. The molecule has 0 spiro atoms. The maximum Gasteiger partial charge on any atom is 0.267 e. The highest BCUT2D eigenvalue weighted by molar-refractivity contribution is 5.93. The van der Waals surface area contributed by atoms with E-state index in [-0.39, 0.29) is 11.9 Å². The minimum Gasteiger partial charge on any atom is -0.397 e. The lowest BCUT2D eigenvalue weighted by Crippen LogP contribution is -2.47. The van der Waals surface area contributed by atoms with E-state index in [2.05, 4.69) is 10.3 Å². The number of aromatic nitrogens is 1. The summed E-state index contributed by atoms with van der Waals surface area (Å²) < 4.78 is 5.13. The highest BCUT2D eigenvalue weighted by atomic mass is 16.5. The lowest BCUT2D eigenvalue weighted by Gasteiger charge is -2.34. The first-order valence-corrected chi connectivity index (χ1v) is 4.96. The molecule has 1 saturated carbocycles. The lowest BCUT2D eigenvalue weighted by molar-refractivity contribution is 0.0175. The Morgan fingerprint density at radius 1 is 1.67 bits per heavy atom. The first-order valence-electron chi connectivity index (χ1n) is 4.96. The number of hydrogen-bond donors (Lipinski definition) is 3. The third-order valence-corrected chi connectivity index (χ3v) is 2.71. The smallest absolute Gasteiger partial charge is 0.267 e. The second kappa shape index (κ2) is 3.94. The molecule has 5 nitrogen and oxygen atoms in total. The normalized spacial score (nSPS) is 24.6. The van der Waals surface area contributed by atoms with E-state index in [1.54, 1.807) is 19.4 Å². The molecule has 15 heavy (non-hydrogen) atoms. The van der Waals surface area contributed by atoms with Crippen LogP contribution in [0.25, 0.3) is 0 Å². The summed E-state index contributed by atoms with van der Waals surface area (Å²) in [6, 6.07) is 1.86. The van der Waals surface area contributed by atoms with Crippen LogP contribution in [0.15, 0.2) is 12.3 Å². The molecule has 0 radical (unpaired) electrons. The van der Waals surface area contributed by atoms with E-state index in [4.69, 9.17) is 10.5 Å². The van der Waals surface area contributed by atoms with Crippen LogP contribution in [-0.4, -0.2) is 30.1 Å². The summed E-state index contributed by atoms with van der Waals surface area (Å²) in [6.45, 7) is 0. The number of nitrogen functional groups attached to an aromatic ring is 1. The first-order chi connectivity index (χ1) is 7.19. The van der Waals surface area contributed by atoms with Gasteiger partial charge in [-0.1, -0.05) is 0 Å². The molecule has 5 heteroatoms. The predicted octanol–water partition coefficient (Wildman–Crippen LogP) is 0.504. The van der Waals surface area contributed by atoms with Crippen molar-refractivity contribution >= 4 is 11.6 Å². The minimum absolute atomic E-state index is 0.105. The van der Waals surface area contributed by atoms with Crippen molar-refractivity contribution in [3.8, 4) is 0 Å². The van der Waals surface area contributed by atoms with Crippen molar-refractivity contribution in [2.45, 2.75) is 25.0 Å². The van der Waals surface area contributed by atoms with E-state index >= 15 is 0 Å². The Kier molecular flexibility index (Phi) is 2.64. The number of carbonyl (C=O) groups is 1. The first kappa shape index (κ1) is 10.0. The molecule has 1 aromatic rings. The van der Waals surface area contributed by atoms with Gasteiger partial charge in [0.1, 0.15) is 5.69 Å². The van der Waals surface area contributed by atoms with Gasteiger partial charge in [0.25, 0.3) is 5.91 Å². The summed E-state index contributed by atoms with van der Waals surface area (Å²) in [5.74, 6) is -0.105. The minimum atomic E-state index is -0.105. The van der Waals surface area contributed by atoms with Crippen LogP contribution in [0.3, 0.4) is 0 Å². The van der Waals surface area contributed by atoms with E-state index in [0.717, 1.165) is 12.8 Å². The van der Waals surface area contributed by atoms with Crippen molar-refractivity contribution in [2.24, 2.45) is 0 Å². The molecule has 1 aliphatic rings. The average molecular weight is 209 g/mol. The van der Waals surface area contributed by atoms with Crippen LogP contribution < -0.4 is 11.1 Å². The molecule has 82 valence electrons. The summed E-state index contributed by atoms with van der Waals surface area (Å²) in [7, 11) is 1.69. The fourth-order valence-electron chi connectivity index (χ4n) is 1.68. The number of anilines is 1. The lowest BCUT2D eigenvalue weighted by atomic mass is 9.89. The zero-order valence-electron chi connectivity index (χ0n) is 8.62. The Bertz CT molecular complexity index is 355. The third-order valence-electron chi connectivity index (χ3n) is 2.71. The topological polar surface area (TPSA) is 80.1 Å². The van der Waals surface area contributed by atoms with E-state index in [1.807, 2.05) is 0 Å². The van der Waals surface area contributed by atoms with Crippen molar-refractivity contribution in [3.63, 3.8) is 0 Å². The van der Waals surface area contributed by atoms with Gasteiger partial charge in [0.05, 0.1) is 6.10 Å². The zero-order valence-corrected chi connectivity index (χ0v) is 8.62. The number of methoxy groups -OCH3 is 1. The van der Waals surface area contributed by atoms with Gasteiger partial charge in [-0.2, -0.15) is 0 Å². The Balaban J connectivity index is 1.84. The number of ether oxygens (including phenoxy) is 1. The van der Waals surface area contributed by atoms with Gasteiger partial charge >= 0.3 is 0 Å². The molecule has 1 aromatic heterocycles. The SMILES string of the molecule is COC1CC(NC(=O)c2cc(N)c[nH]2)C1. The predicted molar refractivity (Wildman–Crippen MR) is 56.5 cm³/mol. The molecule has 1 heterocycles. The molecular weight excluding hydrogens is 194 g/mol. The van der Waals surface area contributed by atoms with Crippen LogP contribution in [0.1, 0.15) is 23.3 Å². The Morgan fingerprint density at radius 3 is 2.93 bits per heavy atom. The van der Waals surface area contributed by atoms with Crippen LogP contribution in [0.4, 0.5) is 5.69 Å². The molecule has 0 bridgehead atoms. The summed E-state index contributed by atoms with van der Waals surface area (Å²) in [5.41, 5.74) is 6.59. The number of nitrogens with two attached hydrogens (primary N) is 1. The second-order valence-corrected chi connectivity index (χ2v) is 3.85. The van der Waals surface area contributed by atoms with E-state index in [9.17, 15) is 4.79 Å². The van der Waals surface area contributed by atoms with Crippen molar-refractivity contribution < 1.29 is 9.53 Å². The van der Waals surface area contributed by atoms with E-state index in [1.165, 1.54) is 0 Å². The maximum absolute atomic E-state index is 11.6. The summed E-state index contributed by atoms with van der Waals surface area (Å²) in [5, 5.41) is 2.90. The van der Waals surface area contributed by atoms with Crippen LogP contribution in [-0.2, 0) is 4.74 Å². The van der Waals surface area contributed by atoms with Gasteiger partial charge in [-0.25, -0.2) is 0 Å². The molecular formula is C10H15N3O2. The largest absolute Gasteiger partial charge is 0.397 e. The average Bonchev–Trinajstić information content (AvgIpc) is 2.57. The molecule has 0 aliphatic heterocycles. The highest BCUT2D eigenvalue weighted by Gasteiger charge is 2.30. The standard InChI is InChI=1S/C10H15N3O2/c1-15-8-3-7(4-8)13-10(14)9-2-6(11)5-12-9/h2,5,7-8,12H,3-4,11H2,1H3,(H,13,14). The second-order valence-electron chi connectivity index (χ2n) is 3.85. The summed E-state index contributed by atoms with van der Waals surface area (Å²) in [6.07, 6.45) is 3.67. The van der Waals surface area contributed by atoms with Crippen molar-refractivity contribution in [1.29, 1.82) is 0 Å². The van der Waals surface area contributed by atoms with Gasteiger partial charge < -0.3 is 20.8 Å². The Morgan fingerprint density at radius 2 is 2.40 bits per heavy atom.